The smallest absolute Gasteiger partial charge is 0.0940 e. The Kier molecular flexibility index (Phi) is 4.54. The lowest BCUT2D eigenvalue weighted by Gasteiger charge is -2.20. The fourth-order valence-corrected chi connectivity index (χ4v) is 3.10. The van der Waals surface area contributed by atoms with Crippen molar-refractivity contribution in [2.75, 3.05) is 19.6 Å². The van der Waals surface area contributed by atoms with Crippen LogP contribution in [0.4, 0.5) is 0 Å². The van der Waals surface area contributed by atoms with Gasteiger partial charge in [0, 0.05) is 42.7 Å². The van der Waals surface area contributed by atoms with Gasteiger partial charge in [0.1, 0.15) is 0 Å². The minimum absolute atomic E-state index is 0.679. The van der Waals surface area contributed by atoms with E-state index < -0.39 is 0 Å². The molecule has 1 unspecified atom stereocenters. The molecular weight excluding hydrogens is 230 g/mol. The van der Waals surface area contributed by atoms with Crippen molar-refractivity contribution in [3.8, 4) is 0 Å². The predicted molar refractivity (Wildman–Crippen MR) is 73.7 cm³/mol. The van der Waals surface area contributed by atoms with Crippen LogP contribution >= 0.6 is 11.3 Å². The molecule has 1 aliphatic rings. The first-order valence-corrected chi connectivity index (χ1v) is 7.41. The molecule has 1 fully saturated rings. The number of hydrogen-bond acceptors (Lipinski definition) is 4. The van der Waals surface area contributed by atoms with E-state index >= 15 is 0 Å². The van der Waals surface area contributed by atoms with Gasteiger partial charge < -0.3 is 5.32 Å². The number of likely N-dealkylation sites (tertiary alicyclic amines) is 1. The summed E-state index contributed by atoms with van der Waals surface area (Å²) >= 11 is 1.78. The largest absolute Gasteiger partial charge is 0.312 e. The Morgan fingerprint density at radius 3 is 3.00 bits per heavy atom. The number of nitrogens with zero attached hydrogens (tertiary/aromatic N) is 2. The molecule has 0 amide bonds. The predicted octanol–water partition coefficient (Wildman–Crippen LogP) is 2.07. The van der Waals surface area contributed by atoms with Crippen LogP contribution < -0.4 is 5.32 Å². The highest BCUT2D eigenvalue weighted by Gasteiger charge is 2.23. The van der Waals surface area contributed by atoms with Crippen LogP contribution in [-0.4, -0.2) is 41.6 Å². The van der Waals surface area contributed by atoms with Crippen LogP contribution in [-0.2, 0) is 6.42 Å². The normalized spacial score (nSPS) is 21.5. The Labute approximate surface area is 108 Å². The molecule has 2 rings (SSSR count). The molecule has 0 saturated carbocycles. The fraction of sp³-hybridized carbons (Fsp3) is 0.769. The summed E-state index contributed by atoms with van der Waals surface area (Å²) in [6, 6.07) is 1.36. The Morgan fingerprint density at radius 1 is 1.59 bits per heavy atom. The van der Waals surface area contributed by atoms with Gasteiger partial charge in [-0.15, -0.1) is 11.3 Å². The molecule has 1 saturated heterocycles. The van der Waals surface area contributed by atoms with Gasteiger partial charge in [-0.25, -0.2) is 4.98 Å². The second-order valence-electron chi connectivity index (χ2n) is 5.16. The Bertz CT molecular complexity index is 348. The molecule has 1 aromatic heterocycles. The van der Waals surface area contributed by atoms with E-state index in [0.29, 0.717) is 12.1 Å². The second kappa shape index (κ2) is 5.94. The van der Waals surface area contributed by atoms with Crippen LogP contribution in [0.25, 0.3) is 0 Å². The summed E-state index contributed by atoms with van der Waals surface area (Å²) in [5.41, 5.74) is 1.15. The van der Waals surface area contributed by atoms with Crippen LogP contribution in [0.1, 0.15) is 31.0 Å². The molecule has 0 spiro atoms. The number of aryl methyl sites for hydroxylation is 1. The number of thiazole rings is 1. The molecule has 1 N–H and O–H groups in total. The first-order valence-electron chi connectivity index (χ1n) is 6.53. The van der Waals surface area contributed by atoms with Crippen molar-refractivity contribution in [1.82, 2.24) is 15.2 Å². The van der Waals surface area contributed by atoms with Crippen molar-refractivity contribution in [3.63, 3.8) is 0 Å². The average molecular weight is 253 g/mol. The van der Waals surface area contributed by atoms with Crippen LogP contribution in [0.15, 0.2) is 5.38 Å². The molecule has 2 heterocycles. The Balaban J connectivity index is 1.66. The van der Waals surface area contributed by atoms with E-state index in [1.54, 1.807) is 11.3 Å². The van der Waals surface area contributed by atoms with Crippen LogP contribution in [0.5, 0.6) is 0 Å². The lowest BCUT2D eigenvalue weighted by atomic mass is 10.2. The SMILES string of the molecule is Cc1csc(CCNC2CCN(C(C)C)C2)n1. The van der Waals surface area contributed by atoms with Crippen molar-refractivity contribution in [2.24, 2.45) is 0 Å². The molecule has 0 aromatic carbocycles. The first-order chi connectivity index (χ1) is 8.15. The summed E-state index contributed by atoms with van der Waals surface area (Å²) in [5, 5.41) is 7.04. The topological polar surface area (TPSA) is 28.2 Å². The van der Waals surface area contributed by atoms with Gasteiger partial charge >= 0.3 is 0 Å². The van der Waals surface area contributed by atoms with Crippen molar-refractivity contribution in [1.29, 1.82) is 0 Å². The molecule has 0 radical (unpaired) electrons. The van der Waals surface area contributed by atoms with Crippen molar-refractivity contribution in [2.45, 2.75) is 45.7 Å². The molecule has 17 heavy (non-hydrogen) atoms. The van der Waals surface area contributed by atoms with Gasteiger partial charge in [0.05, 0.1) is 5.01 Å². The molecule has 96 valence electrons. The maximum Gasteiger partial charge on any atom is 0.0940 e. The lowest BCUT2D eigenvalue weighted by Crippen LogP contribution is -2.36. The van der Waals surface area contributed by atoms with Gasteiger partial charge in [0.25, 0.3) is 0 Å². The monoisotopic (exact) mass is 253 g/mol. The number of aromatic nitrogens is 1. The molecule has 3 nitrogen and oxygen atoms in total. The Morgan fingerprint density at radius 2 is 2.41 bits per heavy atom. The van der Waals surface area contributed by atoms with Crippen LogP contribution in [0.3, 0.4) is 0 Å². The number of hydrogen-bond donors (Lipinski definition) is 1. The van der Waals surface area contributed by atoms with Gasteiger partial charge in [-0.3, -0.25) is 4.90 Å². The van der Waals surface area contributed by atoms with Crippen LogP contribution in [0, 0.1) is 6.92 Å². The second-order valence-corrected chi connectivity index (χ2v) is 6.10. The molecule has 1 aromatic rings. The Hall–Kier alpha value is -0.450. The van der Waals surface area contributed by atoms with Gasteiger partial charge in [0.15, 0.2) is 0 Å². The highest BCUT2D eigenvalue weighted by molar-refractivity contribution is 7.09. The highest BCUT2D eigenvalue weighted by Crippen LogP contribution is 2.13. The zero-order valence-corrected chi connectivity index (χ0v) is 11.9. The van der Waals surface area contributed by atoms with E-state index in [9.17, 15) is 0 Å². The van der Waals surface area contributed by atoms with E-state index in [0.717, 1.165) is 18.7 Å². The third-order valence-electron chi connectivity index (χ3n) is 3.39. The van der Waals surface area contributed by atoms with Crippen molar-refractivity contribution in [3.05, 3.63) is 16.1 Å². The zero-order valence-electron chi connectivity index (χ0n) is 11.1. The lowest BCUT2D eigenvalue weighted by molar-refractivity contribution is 0.268. The average Bonchev–Trinajstić information content (AvgIpc) is 2.88. The zero-order chi connectivity index (χ0) is 12.3. The third-order valence-corrected chi connectivity index (χ3v) is 4.41. The van der Waals surface area contributed by atoms with Crippen LogP contribution in [0.2, 0.25) is 0 Å². The van der Waals surface area contributed by atoms with Gasteiger partial charge in [-0.2, -0.15) is 0 Å². The summed E-state index contributed by atoms with van der Waals surface area (Å²) in [5.74, 6) is 0. The van der Waals surface area contributed by atoms with Gasteiger partial charge in [-0.1, -0.05) is 0 Å². The van der Waals surface area contributed by atoms with E-state index in [1.807, 2.05) is 0 Å². The fourth-order valence-electron chi connectivity index (χ4n) is 2.32. The van der Waals surface area contributed by atoms with E-state index in [2.05, 4.69) is 41.4 Å². The summed E-state index contributed by atoms with van der Waals surface area (Å²) in [7, 11) is 0. The summed E-state index contributed by atoms with van der Waals surface area (Å²) < 4.78 is 0. The van der Waals surface area contributed by atoms with Crippen molar-refractivity contribution >= 4 is 11.3 Å². The van der Waals surface area contributed by atoms with E-state index in [-0.39, 0.29) is 0 Å². The number of rotatable bonds is 5. The van der Waals surface area contributed by atoms with E-state index in [1.165, 1.54) is 24.5 Å². The minimum atomic E-state index is 0.679. The molecule has 0 aliphatic carbocycles. The molecule has 0 bridgehead atoms. The first kappa shape index (κ1) is 13.0. The molecular formula is C13H23N3S. The minimum Gasteiger partial charge on any atom is -0.312 e. The maximum absolute atomic E-state index is 4.49. The van der Waals surface area contributed by atoms with Gasteiger partial charge in [0.2, 0.25) is 0 Å². The third kappa shape index (κ3) is 3.76. The summed E-state index contributed by atoms with van der Waals surface area (Å²) in [6.45, 7) is 10.1. The number of nitrogens with one attached hydrogen (secondary N) is 1. The van der Waals surface area contributed by atoms with Gasteiger partial charge in [-0.05, 0) is 33.7 Å². The standard InChI is InChI=1S/C13H23N3S/c1-10(2)16-7-5-12(8-16)14-6-4-13-15-11(3)9-17-13/h9-10,12,14H,4-8H2,1-3H3. The summed E-state index contributed by atoms with van der Waals surface area (Å²) in [6.07, 6.45) is 2.35. The summed E-state index contributed by atoms with van der Waals surface area (Å²) in [4.78, 5) is 7.03. The quantitative estimate of drug-likeness (QED) is 0.870. The highest BCUT2D eigenvalue weighted by atomic mass is 32.1. The molecule has 4 heteroatoms. The molecule has 1 aliphatic heterocycles. The molecule has 1 atom stereocenters. The van der Waals surface area contributed by atoms with Crippen molar-refractivity contribution < 1.29 is 0 Å². The maximum atomic E-state index is 4.49. The van der Waals surface area contributed by atoms with E-state index in [4.69, 9.17) is 0 Å².